The molecule has 1 aliphatic rings. The van der Waals surface area contributed by atoms with Crippen LogP contribution in [0.3, 0.4) is 0 Å². The van der Waals surface area contributed by atoms with E-state index in [4.69, 9.17) is 28.6 Å². The molecule has 0 radical (unpaired) electrons. The molecule has 1 unspecified atom stereocenters. The van der Waals surface area contributed by atoms with Crippen molar-refractivity contribution in [1.82, 2.24) is 10.2 Å². The molecule has 0 aromatic heterocycles. The summed E-state index contributed by atoms with van der Waals surface area (Å²) in [5.41, 5.74) is 1.88. The predicted octanol–water partition coefficient (Wildman–Crippen LogP) is 5.00. The van der Waals surface area contributed by atoms with E-state index in [2.05, 4.69) is 27.7 Å². The molecule has 1 saturated heterocycles. The molecule has 28 heavy (non-hydrogen) atoms. The molecule has 0 saturated carbocycles. The van der Waals surface area contributed by atoms with Crippen molar-refractivity contribution in [2.24, 2.45) is 0 Å². The molecule has 0 bridgehead atoms. The Bertz CT molecular complexity index is 797. The summed E-state index contributed by atoms with van der Waals surface area (Å²) >= 11 is 11.2. The SMILES string of the molecule is CCOc1ccc(C(CNC(=S)Nc2ccc(F)c(Cl)c2)N2CCCC2)cc1. The number of likely N-dealkylation sites (tertiary alicyclic amines) is 1. The van der Waals surface area contributed by atoms with E-state index in [1.165, 1.54) is 30.5 Å². The van der Waals surface area contributed by atoms with E-state index in [0.717, 1.165) is 18.8 Å². The van der Waals surface area contributed by atoms with Gasteiger partial charge in [-0.1, -0.05) is 23.7 Å². The first-order valence-electron chi connectivity index (χ1n) is 9.53. The number of nitrogens with one attached hydrogen (secondary N) is 2. The van der Waals surface area contributed by atoms with Crippen LogP contribution in [-0.4, -0.2) is 36.3 Å². The zero-order chi connectivity index (χ0) is 19.9. The maximum Gasteiger partial charge on any atom is 0.170 e. The molecular formula is C21H25ClFN3OS. The molecule has 2 N–H and O–H groups in total. The Kier molecular flexibility index (Phi) is 7.48. The number of anilines is 1. The van der Waals surface area contributed by atoms with E-state index in [0.29, 0.717) is 24.0 Å². The van der Waals surface area contributed by atoms with Gasteiger partial charge in [-0.25, -0.2) is 4.39 Å². The fourth-order valence-electron chi connectivity index (χ4n) is 3.40. The van der Waals surface area contributed by atoms with Gasteiger partial charge in [0.2, 0.25) is 0 Å². The maximum absolute atomic E-state index is 13.3. The first-order valence-corrected chi connectivity index (χ1v) is 10.3. The standard InChI is InChI=1S/C21H25ClFN3OS/c1-2-27-17-8-5-15(6-9-17)20(26-11-3-4-12-26)14-24-21(28)25-16-7-10-19(23)18(22)13-16/h5-10,13,20H,2-4,11-12,14H2,1H3,(H2,24,25,28). The molecule has 1 heterocycles. The zero-order valence-electron chi connectivity index (χ0n) is 15.9. The van der Waals surface area contributed by atoms with Crippen molar-refractivity contribution < 1.29 is 9.13 Å². The van der Waals surface area contributed by atoms with Gasteiger partial charge >= 0.3 is 0 Å². The van der Waals surface area contributed by atoms with Gasteiger partial charge in [-0.2, -0.15) is 0 Å². The molecule has 0 spiro atoms. The molecule has 7 heteroatoms. The highest BCUT2D eigenvalue weighted by molar-refractivity contribution is 7.80. The Labute approximate surface area is 176 Å². The van der Waals surface area contributed by atoms with Crippen LogP contribution in [0.5, 0.6) is 5.75 Å². The second kappa shape index (κ2) is 10.0. The molecule has 1 fully saturated rings. The molecular weight excluding hydrogens is 397 g/mol. The number of halogens is 2. The van der Waals surface area contributed by atoms with Crippen LogP contribution in [0, 0.1) is 5.82 Å². The molecule has 1 atom stereocenters. The van der Waals surface area contributed by atoms with Crippen LogP contribution >= 0.6 is 23.8 Å². The van der Waals surface area contributed by atoms with Crippen molar-refractivity contribution in [2.75, 3.05) is 31.6 Å². The quantitative estimate of drug-likeness (QED) is 0.615. The lowest BCUT2D eigenvalue weighted by Gasteiger charge is -2.29. The Morgan fingerprint density at radius 2 is 1.93 bits per heavy atom. The molecule has 3 rings (SSSR count). The van der Waals surface area contributed by atoms with Gasteiger partial charge in [0.1, 0.15) is 11.6 Å². The first-order chi connectivity index (χ1) is 13.6. The summed E-state index contributed by atoms with van der Waals surface area (Å²) in [6.07, 6.45) is 2.43. The van der Waals surface area contributed by atoms with Gasteiger partial charge in [-0.05, 0) is 81.0 Å². The summed E-state index contributed by atoms with van der Waals surface area (Å²) < 4.78 is 18.9. The van der Waals surface area contributed by atoms with Gasteiger partial charge in [0.15, 0.2) is 5.11 Å². The third kappa shape index (κ3) is 5.56. The Morgan fingerprint density at radius 1 is 1.21 bits per heavy atom. The van der Waals surface area contributed by atoms with Crippen LogP contribution in [0.15, 0.2) is 42.5 Å². The number of hydrogen-bond donors (Lipinski definition) is 2. The number of benzene rings is 2. The van der Waals surface area contributed by atoms with Crippen LogP contribution < -0.4 is 15.4 Å². The minimum absolute atomic E-state index is 0.0668. The Hall–Kier alpha value is -1.89. The van der Waals surface area contributed by atoms with Crippen molar-refractivity contribution in [3.63, 3.8) is 0 Å². The molecule has 150 valence electrons. The van der Waals surface area contributed by atoms with E-state index in [1.54, 1.807) is 6.07 Å². The number of nitrogens with zero attached hydrogens (tertiary/aromatic N) is 1. The summed E-state index contributed by atoms with van der Waals surface area (Å²) in [6, 6.07) is 12.9. The smallest absolute Gasteiger partial charge is 0.170 e. The second-order valence-electron chi connectivity index (χ2n) is 6.72. The van der Waals surface area contributed by atoms with Crippen molar-refractivity contribution in [3.05, 3.63) is 58.9 Å². The van der Waals surface area contributed by atoms with Crippen LogP contribution in [0.4, 0.5) is 10.1 Å². The molecule has 4 nitrogen and oxygen atoms in total. The molecule has 0 aliphatic carbocycles. The number of ether oxygens (including phenoxy) is 1. The normalized spacial score (nSPS) is 15.2. The minimum Gasteiger partial charge on any atom is -0.494 e. The Balaban J connectivity index is 1.64. The summed E-state index contributed by atoms with van der Waals surface area (Å²) in [5.74, 6) is 0.431. The third-order valence-corrected chi connectivity index (χ3v) is 5.33. The monoisotopic (exact) mass is 421 g/mol. The highest BCUT2D eigenvalue weighted by Crippen LogP contribution is 2.26. The third-order valence-electron chi connectivity index (χ3n) is 4.79. The second-order valence-corrected chi connectivity index (χ2v) is 7.54. The molecule has 1 aliphatic heterocycles. The largest absolute Gasteiger partial charge is 0.494 e. The number of rotatable bonds is 7. The van der Waals surface area contributed by atoms with Gasteiger partial charge in [0.05, 0.1) is 17.7 Å². The Morgan fingerprint density at radius 3 is 2.57 bits per heavy atom. The van der Waals surface area contributed by atoms with Crippen LogP contribution in [0.1, 0.15) is 31.4 Å². The van der Waals surface area contributed by atoms with Crippen molar-refractivity contribution in [2.45, 2.75) is 25.8 Å². The summed E-state index contributed by atoms with van der Waals surface area (Å²) in [5, 5.41) is 6.91. The molecule has 2 aromatic rings. The fourth-order valence-corrected chi connectivity index (χ4v) is 3.78. The molecule has 0 amide bonds. The summed E-state index contributed by atoms with van der Waals surface area (Å²) in [6.45, 7) is 5.46. The van der Waals surface area contributed by atoms with E-state index in [9.17, 15) is 4.39 Å². The summed E-state index contributed by atoms with van der Waals surface area (Å²) in [4.78, 5) is 2.47. The van der Waals surface area contributed by atoms with Crippen molar-refractivity contribution >= 4 is 34.6 Å². The first kappa shape index (κ1) is 20.8. The zero-order valence-corrected chi connectivity index (χ0v) is 17.5. The average molecular weight is 422 g/mol. The van der Waals surface area contributed by atoms with Crippen molar-refractivity contribution in [1.29, 1.82) is 0 Å². The topological polar surface area (TPSA) is 36.5 Å². The minimum atomic E-state index is -0.448. The van der Waals surface area contributed by atoms with Gasteiger partial charge in [0, 0.05) is 12.2 Å². The number of hydrogen-bond acceptors (Lipinski definition) is 3. The van der Waals surface area contributed by atoms with Crippen molar-refractivity contribution in [3.8, 4) is 5.75 Å². The highest BCUT2D eigenvalue weighted by atomic mass is 35.5. The van der Waals surface area contributed by atoms with Gasteiger partial charge in [-0.3, -0.25) is 4.90 Å². The van der Waals surface area contributed by atoms with Crippen LogP contribution in [0.2, 0.25) is 5.02 Å². The van der Waals surface area contributed by atoms with E-state index < -0.39 is 5.82 Å². The lowest BCUT2D eigenvalue weighted by Crippen LogP contribution is -2.38. The number of thiocarbonyl (C=S) groups is 1. The lowest BCUT2D eigenvalue weighted by molar-refractivity contribution is 0.246. The van der Waals surface area contributed by atoms with E-state index in [-0.39, 0.29) is 11.1 Å². The van der Waals surface area contributed by atoms with Crippen LogP contribution in [0.25, 0.3) is 0 Å². The lowest BCUT2D eigenvalue weighted by atomic mass is 10.1. The van der Waals surface area contributed by atoms with Gasteiger partial charge < -0.3 is 15.4 Å². The van der Waals surface area contributed by atoms with Gasteiger partial charge in [0.25, 0.3) is 0 Å². The fraction of sp³-hybridized carbons (Fsp3) is 0.381. The van der Waals surface area contributed by atoms with Gasteiger partial charge in [-0.15, -0.1) is 0 Å². The van der Waals surface area contributed by atoms with E-state index in [1.807, 2.05) is 19.1 Å². The molecule has 2 aromatic carbocycles. The summed E-state index contributed by atoms with van der Waals surface area (Å²) in [7, 11) is 0. The average Bonchev–Trinajstić information content (AvgIpc) is 3.21. The highest BCUT2D eigenvalue weighted by Gasteiger charge is 2.23. The van der Waals surface area contributed by atoms with Crippen LogP contribution in [-0.2, 0) is 0 Å². The van der Waals surface area contributed by atoms with E-state index >= 15 is 0 Å². The maximum atomic E-state index is 13.3. The predicted molar refractivity (Wildman–Crippen MR) is 117 cm³/mol.